The summed E-state index contributed by atoms with van der Waals surface area (Å²) in [5, 5.41) is 0. The Hall–Kier alpha value is -3.52. The Morgan fingerprint density at radius 3 is 1.09 bits per heavy atom. The van der Waals surface area contributed by atoms with Crippen LogP contribution in [0.1, 0.15) is 123 Å². The SMILES string of the molecule is CCCCCCc1cc(Cc2ccc(N)cc2)ccc1CCCCc1ccc(Cc2ccc(N)cc2)cc1CCCCCC. The molecule has 0 aromatic heterocycles. The maximum absolute atomic E-state index is 5.91. The van der Waals surface area contributed by atoms with Crippen LogP contribution in [0.2, 0.25) is 0 Å². The minimum Gasteiger partial charge on any atom is -0.399 e. The Labute approximate surface area is 268 Å². The van der Waals surface area contributed by atoms with Crippen molar-refractivity contribution >= 4 is 11.4 Å². The molecule has 0 bridgehead atoms. The largest absolute Gasteiger partial charge is 0.399 e. The predicted octanol–water partition coefficient (Wildman–Crippen LogP) is 10.8. The van der Waals surface area contributed by atoms with Crippen molar-refractivity contribution in [3.05, 3.63) is 129 Å². The molecule has 0 saturated carbocycles. The van der Waals surface area contributed by atoms with Crippen molar-refractivity contribution < 1.29 is 0 Å². The zero-order valence-corrected chi connectivity index (χ0v) is 27.6. The Morgan fingerprint density at radius 1 is 0.364 bits per heavy atom. The molecule has 4 N–H and O–H groups in total. The summed E-state index contributed by atoms with van der Waals surface area (Å²) in [5.74, 6) is 0. The summed E-state index contributed by atoms with van der Waals surface area (Å²) in [7, 11) is 0. The lowest BCUT2D eigenvalue weighted by Gasteiger charge is -2.14. The van der Waals surface area contributed by atoms with Gasteiger partial charge in [-0.15, -0.1) is 0 Å². The fourth-order valence-electron chi connectivity index (χ4n) is 6.39. The monoisotopic (exact) mass is 588 g/mol. The van der Waals surface area contributed by atoms with Gasteiger partial charge in [0.25, 0.3) is 0 Å². The quantitative estimate of drug-likeness (QED) is 0.0845. The molecule has 0 spiro atoms. The van der Waals surface area contributed by atoms with Gasteiger partial charge in [0.15, 0.2) is 0 Å². The first-order chi connectivity index (χ1) is 21.5. The molecular weight excluding hydrogens is 532 g/mol. The van der Waals surface area contributed by atoms with E-state index in [9.17, 15) is 0 Å². The predicted molar refractivity (Wildman–Crippen MR) is 193 cm³/mol. The van der Waals surface area contributed by atoms with Gasteiger partial charge >= 0.3 is 0 Å². The van der Waals surface area contributed by atoms with Gasteiger partial charge in [-0.2, -0.15) is 0 Å². The maximum atomic E-state index is 5.91. The first kappa shape index (κ1) is 33.4. The van der Waals surface area contributed by atoms with E-state index < -0.39 is 0 Å². The topological polar surface area (TPSA) is 52.0 Å². The van der Waals surface area contributed by atoms with E-state index in [1.807, 2.05) is 24.3 Å². The highest BCUT2D eigenvalue weighted by Crippen LogP contribution is 2.24. The van der Waals surface area contributed by atoms with Crippen LogP contribution in [-0.2, 0) is 38.5 Å². The van der Waals surface area contributed by atoms with Crippen LogP contribution in [-0.4, -0.2) is 0 Å². The van der Waals surface area contributed by atoms with Crippen LogP contribution < -0.4 is 11.5 Å². The molecule has 0 saturated heterocycles. The molecule has 0 amide bonds. The zero-order valence-electron chi connectivity index (χ0n) is 27.6. The zero-order chi connectivity index (χ0) is 31.0. The van der Waals surface area contributed by atoms with E-state index in [1.165, 1.54) is 112 Å². The summed E-state index contributed by atoms with van der Waals surface area (Å²) in [4.78, 5) is 0. The van der Waals surface area contributed by atoms with Crippen molar-refractivity contribution in [2.75, 3.05) is 11.5 Å². The van der Waals surface area contributed by atoms with E-state index in [0.29, 0.717) is 0 Å². The number of rotatable bonds is 19. The van der Waals surface area contributed by atoms with Gasteiger partial charge in [-0.3, -0.25) is 0 Å². The second kappa shape index (κ2) is 18.3. The molecule has 0 heterocycles. The molecule has 234 valence electrons. The summed E-state index contributed by atoms with van der Waals surface area (Å²) in [6.45, 7) is 4.59. The summed E-state index contributed by atoms with van der Waals surface area (Å²) >= 11 is 0. The molecule has 0 aliphatic heterocycles. The average Bonchev–Trinajstić information content (AvgIpc) is 3.03. The van der Waals surface area contributed by atoms with E-state index in [2.05, 4.69) is 74.5 Å². The summed E-state index contributed by atoms with van der Waals surface area (Å²) in [5.41, 5.74) is 25.2. The molecule has 0 radical (unpaired) electrons. The van der Waals surface area contributed by atoms with E-state index >= 15 is 0 Å². The van der Waals surface area contributed by atoms with Crippen LogP contribution in [0.4, 0.5) is 11.4 Å². The lowest BCUT2D eigenvalue weighted by atomic mass is 9.91. The van der Waals surface area contributed by atoms with Crippen molar-refractivity contribution in [2.45, 2.75) is 117 Å². The fraction of sp³-hybridized carbons (Fsp3) is 0.429. The first-order valence-corrected chi connectivity index (χ1v) is 17.4. The van der Waals surface area contributed by atoms with Crippen LogP contribution in [0.5, 0.6) is 0 Å². The standard InChI is InChI=1S/C42H56N2/c1-3-5-7-9-15-39-31-35(29-33-19-25-41(43)26-20-33)17-23-37(39)13-11-12-14-38-24-18-36(30-34-21-27-42(44)28-22-34)32-40(38)16-10-8-6-4-2/h17-28,31-32H,3-16,29-30,43-44H2,1-2H3. The lowest BCUT2D eigenvalue weighted by molar-refractivity contribution is 0.656. The molecular formula is C42H56N2. The van der Waals surface area contributed by atoms with Crippen LogP contribution in [0.25, 0.3) is 0 Å². The molecule has 0 unspecified atom stereocenters. The normalized spacial score (nSPS) is 11.2. The molecule has 2 nitrogen and oxygen atoms in total. The summed E-state index contributed by atoms with van der Waals surface area (Å²) < 4.78 is 0. The smallest absolute Gasteiger partial charge is 0.0314 e. The molecule has 2 heteroatoms. The minimum absolute atomic E-state index is 0.832. The van der Waals surface area contributed by atoms with Gasteiger partial charge < -0.3 is 11.5 Å². The van der Waals surface area contributed by atoms with Gasteiger partial charge in [0.1, 0.15) is 0 Å². The molecule has 44 heavy (non-hydrogen) atoms. The summed E-state index contributed by atoms with van der Waals surface area (Å²) in [6, 6.07) is 31.2. The van der Waals surface area contributed by atoms with Gasteiger partial charge in [-0.05, 0) is 133 Å². The van der Waals surface area contributed by atoms with E-state index in [-0.39, 0.29) is 0 Å². The number of hydrogen-bond donors (Lipinski definition) is 2. The van der Waals surface area contributed by atoms with Gasteiger partial charge in [0.05, 0.1) is 0 Å². The Morgan fingerprint density at radius 2 is 0.705 bits per heavy atom. The highest BCUT2D eigenvalue weighted by molar-refractivity contribution is 5.43. The second-order valence-corrected chi connectivity index (χ2v) is 12.9. The van der Waals surface area contributed by atoms with Gasteiger partial charge in [0.2, 0.25) is 0 Å². The van der Waals surface area contributed by atoms with Crippen molar-refractivity contribution in [3.8, 4) is 0 Å². The lowest BCUT2D eigenvalue weighted by Crippen LogP contribution is -2.01. The Bertz CT molecular complexity index is 1280. The molecule has 0 aliphatic rings. The first-order valence-electron chi connectivity index (χ1n) is 17.4. The minimum atomic E-state index is 0.832. The fourth-order valence-corrected chi connectivity index (χ4v) is 6.39. The van der Waals surface area contributed by atoms with Crippen LogP contribution in [0.15, 0.2) is 84.9 Å². The highest BCUT2D eigenvalue weighted by atomic mass is 14.5. The molecule has 0 fully saturated rings. The number of anilines is 2. The van der Waals surface area contributed by atoms with Crippen LogP contribution in [0.3, 0.4) is 0 Å². The highest BCUT2D eigenvalue weighted by Gasteiger charge is 2.09. The summed E-state index contributed by atoms with van der Waals surface area (Å²) in [6.07, 6.45) is 19.6. The van der Waals surface area contributed by atoms with Crippen molar-refractivity contribution in [1.82, 2.24) is 0 Å². The van der Waals surface area contributed by atoms with E-state index in [0.717, 1.165) is 24.2 Å². The van der Waals surface area contributed by atoms with Gasteiger partial charge in [-0.1, -0.05) is 113 Å². The average molecular weight is 589 g/mol. The third-order valence-corrected chi connectivity index (χ3v) is 9.06. The molecule has 0 aliphatic carbocycles. The number of benzene rings is 4. The van der Waals surface area contributed by atoms with E-state index in [1.54, 1.807) is 22.3 Å². The third-order valence-electron chi connectivity index (χ3n) is 9.06. The molecule has 0 atom stereocenters. The van der Waals surface area contributed by atoms with Crippen molar-refractivity contribution in [3.63, 3.8) is 0 Å². The van der Waals surface area contributed by atoms with Crippen molar-refractivity contribution in [2.24, 2.45) is 0 Å². The Balaban J connectivity index is 1.39. The van der Waals surface area contributed by atoms with Crippen LogP contribution in [0, 0.1) is 0 Å². The van der Waals surface area contributed by atoms with E-state index in [4.69, 9.17) is 11.5 Å². The number of hydrogen-bond acceptors (Lipinski definition) is 2. The second-order valence-electron chi connectivity index (χ2n) is 12.9. The Kier molecular flexibility index (Phi) is 13.9. The molecule has 4 rings (SSSR count). The van der Waals surface area contributed by atoms with Gasteiger partial charge in [0, 0.05) is 11.4 Å². The number of aryl methyl sites for hydroxylation is 4. The third kappa shape index (κ3) is 11.2. The van der Waals surface area contributed by atoms with Crippen molar-refractivity contribution in [1.29, 1.82) is 0 Å². The molecule has 4 aromatic rings. The van der Waals surface area contributed by atoms with Gasteiger partial charge in [-0.25, -0.2) is 0 Å². The number of nitrogen functional groups attached to an aromatic ring is 2. The van der Waals surface area contributed by atoms with Crippen LogP contribution >= 0.6 is 0 Å². The number of nitrogens with two attached hydrogens (primary N) is 2. The molecule has 4 aromatic carbocycles. The number of unbranched alkanes of at least 4 members (excludes halogenated alkanes) is 7. The maximum Gasteiger partial charge on any atom is 0.0314 e.